The summed E-state index contributed by atoms with van der Waals surface area (Å²) in [4.78, 5) is 27.1. The largest absolute Gasteiger partial charge is 0.508 e. The lowest BCUT2D eigenvalue weighted by atomic mass is 10.1. The zero-order valence-electron chi connectivity index (χ0n) is 16.7. The van der Waals surface area contributed by atoms with Crippen molar-refractivity contribution in [3.8, 4) is 11.4 Å². The molecule has 0 unspecified atom stereocenters. The summed E-state index contributed by atoms with van der Waals surface area (Å²) in [6, 6.07) is 15.8. The summed E-state index contributed by atoms with van der Waals surface area (Å²) >= 11 is 8.62. The number of nitrogens with zero attached hydrogens (tertiary/aromatic N) is 2. The van der Waals surface area contributed by atoms with E-state index in [0.717, 1.165) is 27.1 Å². The topological polar surface area (TPSA) is 74.6 Å². The summed E-state index contributed by atoms with van der Waals surface area (Å²) in [7, 11) is 0. The van der Waals surface area contributed by atoms with Gasteiger partial charge in [-0.1, -0.05) is 15.9 Å². The molecule has 0 saturated carbocycles. The molecule has 0 aliphatic carbocycles. The van der Waals surface area contributed by atoms with Crippen molar-refractivity contribution in [2.45, 2.75) is 13.8 Å². The van der Waals surface area contributed by atoms with Crippen molar-refractivity contribution < 1.29 is 14.7 Å². The summed E-state index contributed by atoms with van der Waals surface area (Å²) in [5, 5.41) is 12.2. The molecule has 2 aromatic carbocycles. The van der Waals surface area contributed by atoms with Gasteiger partial charge in [0.1, 0.15) is 11.3 Å². The average Bonchev–Trinajstić information content (AvgIpc) is 3.00. The molecule has 1 fully saturated rings. The number of hydrogen-bond acceptors (Lipinski definition) is 4. The van der Waals surface area contributed by atoms with Gasteiger partial charge >= 0.3 is 0 Å². The monoisotopic (exact) mass is 495 g/mol. The Hall–Kier alpha value is -3.23. The number of rotatable bonds is 3. The molecule has 0 bridgehead atoms. The second kappa shape index (κ2) is 8.13. The first-order chi connectivity index (χ1) is 14.8. The van der Waals surface area contributed by atoms with E-state index in [4.69, 9.17) is 12.2 Å². The van der Waals surface area contributed by atoms with Gasteiger partial charge in [0.25, 0.3) is 11.8 Å². The molecule has 2 N–H and O–H groups in total. The van der Waals surface area contributed by atoms with E-state index >= 15 is 0 Å². The number of nitrogens with one attached hydrogen (secondary N) is 1. The van der Waals surface area contributed by atoms with E-state index in [9.17, 15) is 14.7 Å². The minimum absolute atomic E-state index is 0.00229. The smallest absolute Gasteiger partial charge is 0.270 e. The van der Waals surface area contributed by atoms with Crippen LogP contribution in [0.25, 0.3) is 11.8 Å². The van der Waals surface area contributed by atoms with Gasteiger partial charge in [-0.05, 0) is 92.3 Å². The zero-order valence-corrected chi connectivity index (χ0v) is 19.1. The van der Waals surface area contributed by atoms with Crippen molar-refractivity contribution in [3.05, 3.63) is 81.6 Å². The predicted molar refractivity (Wildman–Crippen MR) is 127 cm³/mol. The van der Waals surface area contributed by atoms with Crippen molar-refractivity contribution in [2.24, 2.45) is 0 Å². The van der Waals surface area contributed by atoms with Gasteiger partial charge in [0.15, 0.2) is 5.11 Å². The number of aromatic hydroxyl groups is 1. The second-order valence-corrected chi connectivity index (χ2v) is 8.41. The van der Waals surface area contributed by atoms with E-state index in [2.05, 4.69) is 21.2 Å². The Morgan fingerprint density at radius 3 is 2.26 bits per heavy atom. The third kappa shape index (κ3) is 3.92. The van der Waals surface area contributed by atoms with Crippen LogP contribution >= 0.6 is 28.1 Å². The maximum absolute atomic E-state index is 13.2. The first kappa shape index (κ1) is 21.0. The zero-order chi connectivity index (χ0) is 22.3. The average molecular weight is 496 g/mol. The second-order valence-electron chi connectivity index (χ2n) is 7.11. The number of phenols is 1. The molecule has 2 amide bonds. The number of anilines is 1. The molecule has 3 aromatic rings. The minimum atomic E-state index is -0.530. The Kier molecular flexibility index (Phi) is 5.51. The molecule has 1 aromatic heterocycles. The quantitative estimate of drug-likeness (QED) is 0.321. The molecule has 8 heteroatoms. The fraction of sp³-hybridized carbons (Fsp3) is 0.0870. The number of carbonyl (C=O) groups is 2. The summed E-state index contributed by atoms with van der Waals surface area (Å²) in [6.07, 6.45) is 1.59. The summed E-state index contributed by atoms with van der Waals surface area (Å²) in [5.74, 6) is -0.828. The van der Waals surface area contributed by atoms with E-state index in [0.29, 0.717) is 5.69 Å². The highest BCUT2D eigenvalue weighted by molar-refractivity contribution is 9.10. The highest BCUT2D eigenvalue weighted by Gasteiger charge is 2.34. The maximum Gasteiger partial charge on any atom is 0.270 e. The molecule has 0 radical (unpaired) electrons. The SMILES string of the molecule is Cc1cc(C=C2C(=O)NC(=S)N(c3ccc(Br)cc3)C2=O)c(C)n1-c1ccc(O)cc1. The van der Waals surface area contributed by atoms with Gasteiger partial charge in [0.2, 0.25) is 0 Å². The normalized spacial score (nSPS) is 15.5. The minimum Gasteiger partial charge on any atom is -0.508 e. The number of aryl methyl sites for hydroxylation is 1. The molecular weight excluding hydrogens is 478 g/mol. The van der Waals surface area contributed by atoms with Crippen molar-refractivity contribution in [3.63, 3.8) is 0 Å². The van der Waals surface area contributed by atoms with Crippen LogP contribution in [0.1, 0.15) is 17.0 Å². The molecule has 2 heterocycles. The first-order valence-corrected chi connectivity index (χ1v) is 10.6. The first-order valence-electron chi connectivity index (χ1n) is 9.41. The van der Waals surface area contributed by atoms with Crippen LogP contribution < -0.4 is 10.2 Å². The van der Waals surface area contributed by atoms with Gasteiger partial charge < -0.3 is 9.67 Å². The number of thiocarbonyl (C=S) groups is 1. The Labute approximate surface area is 192 Å². The van der Waals surface area contributed by atoms with E-state index in [1.807, 2.05) is 24.5 Å². The Bertz CT molecular complexity index is 1240. The lowest BCUT2D eigenvalue weighted by molar-refractivity contribution is -0.122. The van der Waals surface area contributed by atoms with Gasteiger partial charge in [0.05, 0.1) is 5.69 Å². The van der Waals surface area contributed by atoms with Crippen molar-refractivity contribution >= 4 is 56.8 Å². The molecule has 156 valence electrons. The Morgan fingerprint density at radius 1 is 1.00 bits per heavy atom. The van der Waals surface area contributed by atoms with E-state index in [-0.39, 0.29) is 16.4 Å². The molecule has 1 aliphatic heterocycles. The molecule has 6 nitrogen and oxygen atoms in total. The third-order valence-corrected chi connectivity index (χ3v) is 5.88. The number of carbonyl (C=O) groups excluding carboxylic acids is 2. The lowest BCUT2D eigenvalue weighted by Crippen LogP contribution is -2.54. The molecule has 0 atom stereocenters. The highest BCUT2D eigenvalue weighted by Crippen LogP contribution is 2.27. The number of amides is 2. The molecular formula is C23H18BrN3O3S. The van der Waals surface area contributed by atoms with Crippen LogP contribution in [0.5, 0.6) is 5.75 Å². The van der Waals surface area contributed by atoms with Crippen LogP contribution in [0.2, 0.25) is 0 Å². The van der Waals surface area contributed by atoms with Crippen molar-refractivity contribution in [1.82, 2.24) is 9.88 Å². The van der Waals surface area contributed by atoms with E-state index in [1.165, 1.54) is 4.90 Å². The summed E-state index contributed by atoms with van der Waals surface area (Å²) < 4.78 is 2.86. The van der Waals surface area contributed by atoms with E-state index in [1.54, 1.807) is 54.6 Å². The number of hydrogen-bond donors (Lipinski definition) is 2. The van der Waals surface area contributed by atoms with Gasteiger partial charge in [-0.3, -0.25) is 19.8 Å². The number of phenolic OH excluding ortho intramolecular Hbond substituents is 1. The van der Waals surface area contributed by atoms with Gasteiger partial charge in [-0.2, -0.15) is 0 Å². The number of aromatic nitrogens is 1. The highest BCUT2D eigenvalue weighted by atomic mass is 79.9. The molecule has 1 aliphatic rings. The number of halogens is 1. The summed E-state index contributed by atoms with van der Waals surface area (Å²) in [6.45, 7) is 3.85. The van der Waals surface area contributed by atoms with Crippen LogP contribution in [0.15, 0.2) is 64.6 Å². The van der Waals surface area contributed by atoms with Gasteiger partial charge in [-0.25, -0.2) is 0 Å². The van der Waals surface area contributed by atoms with Crippen molar-refractivity contribution in [1.29, 1.82) is 0 Å². The fourth-order valence-corrected chi connectivity index (χ4v) is 4.12. The van der Waals surface area contributed by atoms with Crippen LogP contribution in [-0.2, 0) is 9.59 Å². The van der Waals surface area contributed by atoms with Gasteiger partial charge in [-0.15, -0.1) is 0 Å². The predicted octanol–water partition coefficient (Wildman–Crippen LogP) is 4.39. The van der Waals surface area contributed by atoms with Crippen LogP contribution in [0.3, 0.4) is 0 Å². The summed E-state index contributed by atoms with van der Waals surface area (Å²) in [5.41, 5.74) is 3.97. The van der Waals surface area contributed by atoms with Crippen LogP contribution in [0.4, 0.5) is 5.69 Å². The van der Waals surface area contributed by atoms with Crippen molar-refractivity contribution in [2.75, 3.05) is 4.90 Å². The maximum atomic E-state index is 13.2. The molecule has 4 rings (SSSR count). The third-order valence-electron chi connectivity index (χ3n) is 5.06. The molecule has 1 saturated heterocycles. The standard InChI is InChI=1S/C23H18BrN3O3S/c1-13-11-15(14(2)26(13)17-7-9-19(28)10-8-17)12-20-21(29)25-23(31)27(22(20)30)18-5-3-16(24)4-6-18/h3-12,28H,1-2H3,(H,25,29,31). The molecule has 0 spiro atoms. The lowest BCUT2D eigenvalue weighted by Gasteiger charge is -2.29. The molecule has 31 heavy (non-hydrogen) atoms. The van der Waals surface area contributed by atoms with Crippen LogP contribution in [-0.4, -0.2) is 26.6 Å². The van der Waals surface area contributed by atoms with E-state index < -0.39 is 11.8 Å². The Morgan fingerprint density at radius 2 is 1.61 bits per heavy atom. The van der Waals surface area contributed by atoms with Crippen LogP contribution in [0, 0.1) is 13.8 Å². The number of benzene rings is 2. The Balaban J connectivity index is 1.75. The van der Waals surface area contributed by atoms with Gasteiger partial charge in [0, 0.05) is 21.5 Å². The fourth-order valence-electron chi connectivity index (χ4n) is 3.57.